The van der Waals surface area contributed by atoms with Gasteiger partial charge in [0, 0.05) is 71.2 Å². The fourth-order valence-corrected chi connectivity index (χ4v) is 19.9. The highest BCUT2D eigenvalue weighted by atomic mass is 19.1. The number of cyclic esters (lactones) is 3. The van der Waals surface area contributed by atoms with Crippen molar-refractivity contribution in [3.8, 4) is 33.4 Å². The number of nitrogens with one attached hydrogen (secondary N) is 3. The van der Waals surface area contributed by atoms with Crippen molar-refractivity contribution in [2.24, 2.45) is 88.8 Å². The molecule has 21 heteroatoms. The standard InChI is InChI=1S/3C29H33FN2O4/c3*1-3-35-29(34)32-23-10-11-24-20(14-23)15-26-27(17(2)36-28(26)33)25(24)12-9-22-8-7-19(16-31-22)18-5-4-6-21(30)13-18/h3*4-9,12-13,16-17,20,23-27H,3,10-11,14-15H2,1-2H3,(H,32,34)/b3*12-9+/t17-,20-,23+,24-,25+,26+,27-;17-,20-,23+,24-,25-,26+,27+;17-,20-,23+,24-,25-,26-,27-/m111/s1. The van der Waals surface area contributed by atoms with E-state index in [4.69, 9.17) is 28.4 Å². The Hall–Kier alpha value is -9.66. The summed E-state index contributed by atoms with van der Waals surface area (Å²) in [6.07, 6.45) is 27.2. The van der Waals surface area contributed by atoms with Crippen LogP contribution in [0.1, 0.15) is 136 Å². The molecule has 0 spiro atoms. The van der Waals surface area contributed by atoms with Gasteiger partial charge in [0.25, 0.3) is 0 Å². The first-order valence-corrected chi connectivity index (χ1v) is 38.9. The van der Waals surface area contributed by atoms with E-state index in [2.05, 4.69) is 49.1 Å². The lowest BCUT2D eigenvalue weighted by atomic mass is 9.57. The van der Waals surface area contributed by atoms with Gasteiger partial charge >= 0.3 is 36.2 Å². The van der Waals surface area contributed by atoms with Gasteiger partial charge in [0.2, 0.25) is 0 Å². The molecule has 3 saturated heterocycles. The maximum atomic E-state index is 13.6. The van der Waals surface area contributed by atoms with Crippen LogP contribution in [0, 0.1) is 106 Å². The third kappa shape index (κ3) is 17.9. The molecule has 0 radical (unpaired) electrons. The Bertz CT molecular complexity index is 3830. The van der Waals surface area contributed by atoms with Crippen LogP contribution in [0.4, 0.5) is 27.6 Å². The van der Waals surface area contributed by atoms with E-state index >= 15 is 0 Å². The van der Waals surface area contributed by atoms with Crippen LogP contribution in [0.2, 0.25) is 0 Å². The molecular formula is C87H99F3N6O12. The summed E-state index contributed by atoms with van der Waals surface area (Å²) in [6.45, 7) is 12.5. The number of fused-ring (bicyclic) bond motifs is 6. The van der Waals surface area contributed by atoms with E-state index in [0.717, 1.165) is 128 Å². The average Bonchev–Trinajstić information content (AvgIpc) is 1.54. The first-order chi connectivity index (χ1) is 52.3. The number of rotatable bonds is 15. The molecule has 3 amide bonds. The Morgan fingerprint density at radius 3 is 0.944 bits per heavy atom. The minimum Gasteiger partial charge on any atom is -0.462 e. The number of allylic oxidation sites excluding steroid dienone is 3. The largest absolute Gasteiger partial charge is 0.462 e. The zero-order valence-corrected chi connectivity index (χ0v) is 62.2. The van der Waals surface area contributed by atoms with Crippen molar-refractivity contribution >= 4 is 54.4 Å². The van der Waals surface area contributed by atoms with Gasteiger partial charge in [0.05, 0.1) is 54.7 Å². The molecule has 3 N–H and O–H groups in total. The minimum absolute atomic E-state index is 0.0679. The highest BCUT2D eigenvalue weighted by Gasteiger charge is 2.58. The summed E-state index contributed by atoms with van der Waals surface area (Å²) in [5.41, 5.74) is 7.43. The highest BCUT2D eigenvalue weighted by molar-refractivity contribution is 5.78. The lowest BCUT2D eigenvalue weighted by molar-refractivity contribution is -0.145. The molecular weight excluding hydrogens is 1380 g/mol. The van der Waals surface area contributed by atoms with E-state index in [0.29, 0.717) is 55.3 Å². The van der Waals surface area contributed by atoms with Gasteiger partial charge in [-0.2, -0.15) is 0 Å². The average molecular weight is 1480 g/mol. The van der Waals surface area contributed by atoms with Crippen LogP contribution in [0.5, 0.6) is 0 Å². The molecule has 3 aromatic heterocycles. The van der Waals surface area contributed by atoms with Crippen molar-refractivity contribution in [2.75, 3.05) is 19.8 Å². The summed E-state index contributed by atoms with van der Waals surface area (Å²) in [7, 11) is 0. The first-order valence-electron chi connectivity index (χ1n) is 38.9. The summed E-state index contributed by atoms with van der Waals surface area (Å²) in [5.74, 6) is 1.89. The minimum atomic E-state index is -0.368. The van der Waals surface area contributed by atoms with Gasteiger partial charge in [-0.3, -0.25) is 29.3 Å². The van der Waals surface area contributed by atoms with Gasteiger partial charge in [0.15, 0.2) is 0 Å². The van der Waals surface area contributed by atoms with Gasteiger partial charge in [-0.1, -0.05) is 72.8 Å². The summed E-state index contributed by atoms with van der Waals surface area (Å²) >= 11 is 0. The Morgan fingerprint density at radius 1 is 0.407 bits per heavy atom. The van der Waals surface area contributed by atoms with Crippen LogP contribution in [0.15, 0.2) is 146 Å². The number of carbonyl (C=O) groups is 6. The molecule has 21 atom stereocenters. The monoisotopic (exact) mass is 1480 g/mol. The quantitative estimate of drug-likeness (QED) is 0.0641. The summed E-state index contributed by atoms with van der Waals surface area (Å²) in [4.78, 5) is 87.7. The second-order valence-corrected chi connectivity index (χ2v) is 30.8. The van der Waals surface area contributed by atoms with Crippen LogP contribution in [0.3, 0.4) is 0 Å². The molecule has 6 aliphatic carbocycles. The predicted molar refractivity (Wildman–Crippen MR) is 402 cm³/mol. The number of nitrogens with zero attached hydrogens (tertiary/aromatic N) is 3. The summed E-state index contributed by atoms with van der Waals surface area (Å²) in [5, 5.41) is 9.00. The fourth-order valence-electron chi connectivity index (χ4n) is 19.9. The topological polar surface area (TPSA) is 233 Å². The van der Waals surface area contributed by atoms with Gasteiger partial charge in [-0.05, 0) is 261 Å². The molecule has 0 unspecified atom stereocenters. The van der Waals surface area contributed by atoms with E-state index in [-0.39, 0.29) is 143 Å². The van der Waals surface area contributed by atoms with Crippen molar-refractivity contribution in [2.45, 2.75) is 155 Å². The SMILES string of the molecule is CCOC(=O)N[C@H]1CC[C@@H]2[C@H](C1)C[C@@H]1C(=O)O[C@H](C)[C@@H]1[C@H]2/C=C/c1ccc(-c2cccc(F)c2)cn1.CCOC(=O)N[C@H]1CC[C@@H]2[C@H](C1)C[C@@H]1C(=O)O[C@H](C)[C@H]1[C@@H]2/C=C/c1ccc(-c2cccc(F)c2)cn1.CCOC(=O)N[C@H]1CC[C@@H]2[C@H](C1)C[C@H]1C(=O)O[C@H](C)[C@@H]1[C@@H]2/C=C/c1ccc(-c2cccc(F)c2)cn1. The number of esters is 3. The lowest BCUT2D eigenvalue weighted by Gasteiger charge is -2.47. The van der Waals surface area contributed by atoms with E-state index in [1.54, 1.807) is 57.6 Å². The number of hydrogen-bond donors (Lipinski definition) is 3. The molecule has 3 aliphatic heterocycles. The Morgan fingerprint density at radius 2 is 0.694 bits per heavy atom. The number of ether oxygens (including phenoxy) is 6. The second kappa shape index (κ2) is 34.7. The number of amides is 3. The fraction of sp³-hybridized carbons (Fsp3) is 0.483. The van der Waals surface area contributed by atoms with Gasteiger partial charge in [-0.15, -0.1) is 0 Å². The summed E-state index contributed by atoms with van der Waals surface area (Å²) in [6, 6.07) is 31.3. The number of hydrogen-bond acceptors (Lipinski definition) is 15. The Labute approximate surface area is 630 Å². The van der Waals surface area contributed by atoms with Crippen molar-refractivity contribution < 1.29 is 70.4 Å². The van der Waals surface area contributed by atoms with E-state index < -0.39 is 0 Å². The van der Waals surface area contributed by atoms with E-state index in [9.17, 15) is 41.9 Å². The van der Waals surface area contributed by atoms with Crippen molar-refractivity contribution in [1.29, 1.82) is 0 Å². The third-order valence-corrected chi connectivity index (χ3v) is 24.5. The predicted octanol–water partition coefficient (Wildman–Crippen LogP) is 16.9. The van der Waals surface area contributed by atoms with Crippen molar-refractivity contribution in [3.63, 3.8) is 0 Å². The number of pyridine rings is 3. The number of alkyl carbamates (subject to hydrolysis) is 3. The smallest absolute Gasteiger partial charge is 0.407 e. The number of halogens is 3. The molecule has 9 aliphatic rings. The maximum Gasteiger partial charge on any atom is 0.407 e. The van der Waals surface area contributed by atoms with Crippen molar-refractivity contribution in [1.82, 2.24) is 30.9 Å². The van der Waals surface area contributed by atoms with Crippen LogP contribution in [-0.2, 0) is 42.8 Å². The zero-order valence-electron chi connectivity index (χ0n) is 62.2. The lowest BCUT2D eigenvalue weighted by Crippen LogP contribution is -2.48. The zero-order chi connectivity index (χ0) is 75.7. The van der Waals surface area contributed by atoms with Crippen molar-refractivity contribution in [3.05, 3.63) is 181 Å². The maximum absolute atomic E-state index is 13.6. The van der Waals surface area contributed by atoms with Crippen LogP contribution < -0.4 is 16.0 Å². The highest BCUT2D eigenvalue weighted by Crippen LogP contribution is 2.57. The van der Waals surface area contributed by atoms with Crippen LogP contribution in [-0.4, -0.2) is 107 Å². The number of benzene rings is 3. The molecule has 9 fully saturated rings. The van der Waals surface area contributed by atoms with Crippen LogP contribution >= 0.6 is 0 Å². The third-order valence-electron chi connectivity index (χ3n) is 24.5. The molecule has 6 heterocycles. The van der Waals surface area contributed by atoms with Gasteiger partial charge in [-0.25, -0.2) is 27.6 Å². The van der Waals surface area contributed by atoms with Gasteiger partial charge < -0.3 is 44.4 Å². The molecule has 0 bridgehead atoms. The molecule has 6 saturated carbocycles. The number of aromatic nitrogens is 3. The van der Waals surface area contributed by atoms with Gasteiger partial charge in [0.1, 0.15) is 35.8 Å². The molecule has 108 heavy (non-hydrogen) atoms. The molecule has 570 valence electrons. The molecule has 6 aromatic rings. The van der Waals surface area contributed by atoms with Crippen LogP contribution in [0.25, 0.3) is 51.6 Å². The first kappa shape index (κ1) is 76.5. The van der Waals surface area contributed by atoms with E-state index in [1.165, 1.54) is 36.4 Å². The molecule has 3 aromatic carbocycles. The summed E-state index contributed by atoms with van der Waals surface area (Å²) < 4.78 is 73.0. The Balaban J connectivity index is 0.000000143. The van der Waals surface area contributed by atoms with E-state index in [1.807, 2.05) is 93.6 Å². The molecule has 18 nitrogen and oxygen atoms in total. The second-order valence-electron chi connectivity index (χ2n) is 30.8. The Kier molecular flexibility index (Phi) is 24.6. The molecule has 15 rings (SSSR count). The number of carbonyl (C=O) groups excluding carboxylic acids is 6. The normalized spacial score (nSPS) is 31.4.